The second-order valence-electron chi connectivity index (χ2n) is 14.3. The lowest BCUT2D eigenvalue weighted by molar-refractivity contribution is 0.668. The second-order valence-corrected chi connectivity index (χ2v) is 14.3. The monoisotopic (exact) mass is 730 g/mol. The van der Waals surface area contributed by atoms with Gasteiger partial charge in [0.05, 0.1) is 11.0 Å². The molecule has 8 aromatic carbocycles. The SMILES string of the molecule is c1ccc(-c2nc(-c3cccc4oc5ccccc5c34)nc(-c3cccc4oc5ccc(-c6cccc7c6c6ccccc6n7-c6ccccc6)cc5c34)n2)cc1. The van der Waals surface area contributed by atoms with E-state index in [9.17, 15) is 0 Å². The van der Waals surface area contributed by atoms with E-state index in [0.29, 0.717) is 17.5 Å². The van der Waals surface area contributed by atoms with Gasteiger partial charge in [0.2, 0.25) is 0 Å². The van der Waals surface area contributed by atoms with E-state index in [1.165, 1.54) is 16.3 Å². The molecule has 0 spiro atoms. The molecule has 0 saturated carbocycles. The minimum absolute atomic E-state index is 0.565. The molecule has 266 valence electrons. The number of hydrogen-bond acceptors (Lipinski definition) is 5. The Labute approximate surface area is 325 Å². The lowest BCUT2D eigenvalue weighted by Gasteiger charge is -2.10. The Balaban J connectivity index is 1.10. The van der Waals surface area contributed by atoms with Crippen LogP contribution in [0.5, 0.6) is 0 Å². The van der Waals surface area contributed by atoms with Gasteiger partial charge in [0.25, 0.3) is 0 Å². The summed E-state index contributed by atoms with van der Waals surface area (Å²) in [7, 11) is 0. The van der Waals surface area contributed by atoms with E-state index in [2.05, 4.69) is 114 Å². The molecule has 6 heteroatoms. The van der Waals surface area contributed by atoms with Gasteiger partial charge in [-0.3, -0.25) is 0 Å². The number of rotatable bonds is 5. The van der Waals surface area contributed by atoms with Gasteiger partial charge in [-0.15, -0.1) is 0 Å². The molecule has 0 aliphatic carbocycles. The van der Waals surface area contributed by atoms with Crippen LogP contribution in [-0.2, 0) is 0 Å². The maximum Gasteiger partial charge on any atom is 0.164 e. The van der Waals surface area contributed by atoms with Crippen LogP contribution in [0.25, 0.3) is 117 Å². The predicted octanol–water partition coefficient (Wildman–Crippen LogP) is 13.4. The molecule has 0 unspecified atom stereocenters. The third kappa shape index (κ3) is 4.87. The Hall–Kier alpha value is -7.83. The maximum atomic E-state index is 6.56. The summed E-state index contributed by atoms with van der Waals surface area (Å²) in [5.41, 5.74) is 11.5. The normalized spacial score (nSPS) is 11.9. The summed E-state index contributed by atoms with van der Waals surface area (Å²) in [4.78, 5) is 15.5. The molecule has 0 saturated heterocycles. The van der Waals surface area contributed by atoms with Crippen LogP contribution in [0.2, 0.25) is 0 Å². The molecule has 0 fully saturated rings. The fourth-order valence-electron chi connectivity index (χ4n) is 8.59. The highest BCUT2D eigenvalue weighted by Gasteiger charge is 2.22. The lowest BCUT2D eigenvalue weighted by Crippen LogP contribution is -2.00. The van der Waals surface area contributed by atoms with E-state index in [0.717, 1.165) is 82.9 Å². The van der Waals surface area contributed by atoms with E-state index in [1.807, 2.05) is 72.8 Å². The van der Waals surface area contributed by atoms with Gasteiger partial charge in [0, 0.05) is 54.7 Å². The first-order chi connectivity index (χ1) is 28.3. The van der Waals surface area contributed by atoms with Gasteiger partial charge in [-0.2, -0.15) is 0 Å². The number of benzene rings is 8. The zero-order chi connectivity index (χ0) is 37.5. The molecule has 0 amide bonds. The predicted molar refractivity (Wildman–Crippen MR) is 230 cm³/mol. The van der Waals surface area contributed by atoms with Gasteiger partial charge in [-0.1, -0.05) is 127 Å². The topological polar surface area (TPSA) is 69.9 Å². The molecule has 6 nitrogen and oxygen atoms in total. The smallest absolute Gasteiger partial charge is 0.164 e. The number of nitrogens with zero attached hydrogens (tertiary/aromatic N) is 4. The number of fused-ring (bicyclic) bond motifs is 9. The Morgan fingerprint density at radius 3 is 1.63 bits per heavy atom. The molecule has 0 aliphatic heterocycles. The molecule has 12 rings (SSSR count). The van der Waals surface area contributed by atoms with E-state index in [1.54, 1.807) is 0 Å². The Bertz CT molecular complexity index is 3530. The molecule has 57 heavy (non-hydrogen) atoms. The van der Waals surface area contributed by atoms with Crippen LogP contribution in [0, 0.1) is 0 Å². The Morgan fingerprint density at radius 2 is 0.877 bits per heavy atom. The third-order valence-electron chi connectivity index (χ3n) is 11.1. The van der Waals surface area contributed by atoms with E-state index >= 15 is 0 Å². The average molecular weight is 731 g/mol. The summed E-state index contributed by atoms with van der Waals surface area (Å²) in [6, 6.07) is 62.7. The number of furan rings is 2. The van der Waals surface area contributed by atoms with Crippen molar-refractivity contribution >= 4 is 65.7 Å². The fourth-order valence-corrected chi connectivity index (χ4v) is 8.59. The van der Waals surface area contributed by atoms with Crippen molar-refractivity contribution < 1.29 is 8.83 Å². The molecule has 0 N–H and O–H groups in total. The Morgan fingerprint density at radius 1 is 0.333 bits per heavy atom. The summed E-state index contributed by atoms with van der Waals surface area (Å²) in [6.07, 6.45) is 0. The van der Waals surface area contributed by atoms with Gasteiger partial charge >= 0.3 is 0 Å². The summed E-state index contributed by atoms with van der Waals surface area (Å²) < 4.78 is 15.2. The second kappa shape index (κ2) is 12.3. The first-order valence-electron chi connectivity index (χ1n) is 19.0. The first-order valence-corrected chi connectivity index (χ1v) is 19.0. The van der Waals surface area contributed by atoms with Crippen molar-refractivity contribution in [1.82, 2.24) is 19.5 Å². The summed E-state index contributed by atoms with van der Waals surface area (Å²) in [5.74, 6) is 1.73. The fraction of sp³-hybridized carbons (Fsp3) is 0. The lowest BCUT2D eigenvalue weighted by atomic mass is 9.97. The Kier molecular flexibility index (Phi) is 6.83. The van der Waals surface area contributed by atoms with Gasteiger partial charge in [-0.05, 0) is 65.7 Å². The largest absolute Gasteiger partial charge is 0.456 e. The standard InChI is InChI=1S/C51H30N4O2/c1-3-14-31(15-4-1)49-52-50(37-21-12-26-44-47(37)36-19-8-10-25-42(36)56-44)54-51(53-49)38-22-13-27-45-48(38)39-30-32(28-29-43(39)57-45)34-20-11-24-41-46(34)35-18-7-9-23-40(35)55(41)33-16-5-2-6-17-33/h1-30H. The zero-order valence-corrected chi connectivity index (χ0v) is 30.4. The third-order valence-corrected chi connectivity index (χ3v) is 11.1. The summed E-state index contributed by atoms with van der Waals surface area (Å²) in [5, 5.41) is 6.35. The van der Waals surface area contributed by atoms with Crippen molar-refractivity contribution in [3.63, 3.8) is 0 Å². The number of hydrogen-bond donors (Lipinski definition) is 0. The van der Waals surface area contributed by atoms with Crippen molar-refractivity contribution in [2.75, 3.05) is 0 Å². The highest BCUT2D eigenvalue weighted by Crippen LogP contribution is 2.43. The van der Waals surface area contributed by atoms with E-state index < -0.39 is 0 Å². The van der Waals surface area contributed by atoms with Crippen molar-refractivity contribution in [2.45, 2.75) is 0 Å². The molecule has 12 aromatic rings. The molecule has 0 radical (unpaired) electrons. The van der Waals surface area contributed by atoms with Gasteiger partial charge in [0.1, 0.15) is 22.3 Å². The van der Waals surface area contributed by atoms with Crippen molar-refractivity contribution in [3.8, 4) is 51.0 Å². The van der Waals surface area contributed by atoms with Gasteiger partial charge < -0.3 is 13.4 Å². The van der Waals surface area contributed by atoms with Crippen molar-refractivity contribution in [1.29, 1.82) is 0 Å². The van der Waals surface area contributed by atoms with Crippen molar-refractivity contribution in [3.05, 3.63) is 182 Å². The van der Waals surface area contributed by atoms with Crippen molar-refractivity contribution in [2.24, 2.45) is 0 Å². The van der Waals surface area contributed by atoms with Crippen LogP contribution >= 0.6 is 0 Å². The van der Waals surface area contributed by atoms with Crippen LogP contribution in [0.3, 0.4) is 0 Å². The molecule has 0 atom stereocenters. The molecule has 0 bridgehead atoms. The highest BCUT2D eigenvalue weighted by atomic mass is 16.3. The number of aromatic nitrogens is 4. The van der Waals surface area contributed by atoms with Gasteiger partial charge in [-0.25, -0.2) is 15.0 Å². The quantitative estimate of drug-likeness (QED) is 0.176. The molecular formula is C51H30N4O2. The highest BCUT2D eigenvalue weighted by molar-refractivity contribution is 6.18. The van der Waals surface area contributed by atoms with Crippen LogP contribution < -0.4 is 0 Å². The molecule has 4 heterocycles. The first kappa shape index (κ1) is 31.5. The summed E-state index contributed by atoms with van der Waals surface area (Å²) >= 11 is 0. The zero-order valence-electron chi connectivity index (χ0n) is 30.4. The van der Waals surface area contributed by atoms with E-state index in [4.69, 9.17) is 23.8 Å². The number of para-hydroxylation sites is 3. The van der Waals surface area contributed by atoms with Crippen LogP contribution in [-0.4, -0.2) is 19.5 Å². The van der Waals surface area contributed by atoms with Crippen LogP contribution in [0.4, 0.5) is 0 Å². The van der Waals surface area contributed by atoms with Crippen LogP contribution in [0.15, 0.2) is 191 Å². The van der Waals surface area contributed by atoms with E-state index in [-0.39, 0.29) is 0 Å². The molecule has 4 aromatic heterocycles. The molecular weight excluding hydrogens is 701 g/mol. The minimum atomic E-state index is 0.565. The average Bonchev–Trinajstić information content (AvgIpc) is 3.96. The van der Waals surface area contributed by atoms with Gasteiger partial charge in [0.15, 0.2) is 17.5 Å². The minimum Gasteiger partial charge on any atom is -0.456 e. The maximum absolute atomic E-state index is 6.56. The van der Waals surface area contributed by atoms with Crippen LogP contribution in [0.1, 0.15) is 0 Å². The molecule has 0 aliphatic rings. The summed E-state index contributed by atoms with van der Waals surface area (Å²) in [6.45, 7) is 0.